The Balaban J connectivity index is 2.22. The maximum atomic E-state index is 4.34. The third kappa shape index (κ3) is 1.82. The minimum Gasteiger partial charge on any atom is -0.237 e. The zero-order valence-electron chi connectivity index (χ0n) is 8.22. The molecule has 0 N–H and O–H groups in total. The van der Waals surface area contributed by atoms with Gasteiger partial charge in [0, 0.05) is 18.6 Å². The van der Waals surface area contributed by atoms with Gasteiger partial charge in [-0.3, -0.25) is 0 Å². The molecule has 0 spiro atoms. The average Bonchev–Trinajstić information content (AvgIpc) is 2.72. The number of pyridine rings is 1. The first-order valence-electron chi connectivity index (χ1n) is 4.85. The predicted octanol–water partition coefficient (Wildman–Crippen LogP) is 2.22. The third-order valence-electron chi connectivity index (χ3n) is 2.09. The molecule has 0 aliphatic carbocycles. The van der Waals surface area contributed by atoms with E-state index >= 15 is 0 Å². The van der Waals surface area contributed by atoms with E-state index in [4.69, 9.17) is 0 Å². The van der Waals surface area contributed by atoms with Crippen LogP contribution in [0, 0.1) is 0 Å². The highest BCUT2D eigenvalue weighted by Gasteiger charge is 1.97. The molecular weight excluding hydrogens is 174 g/mol. The Morgan fingerprint density at radius 3 is 2.86 bits per heavy atom. The maximum absolute atomic E-state index is 4.34. The van der Waals surface area contributed by atoms with Crippen molar-refractivity contribution >= 4 is 0 Å². The van der Waals surface area contributed by atoms with Crippen LogP contribution in [0.5, 0.6) is 0 Å². The van der Waals surface area contributed by atoms with Crippen molar-refractivity contribution in [1.29, 1.82) is 0 Å². The monoisotopic (exact) mass is 187 g/mol. The summed E-state index contributed by atoms with van der Waals surface area (Å²) in [5.74, 6) is 0.870. The van der Waals surface area contributed by atoms with E-state index < -0.39 is 0 Å². The fraction of sp³-hybridized carbons (Fsp3) is 0.273. The lowest BCUT2D eigenvalue weighted by atomic mass is 10.2. The van der Waals surface area contributed by atoms with Gasteiger partial charge in [0.15, 0.2) is 5.82 Å². The molecule has 0 saturated carbocycles. The second-order valence-corrected chi connectivity index (χ2v) is 3.23. The number of aryl methyl sites for hydroxylation is 1. The van der Waals surface area contributed by atoms with Gasteiger partial charge in [-0.25, -0.2) is 9.67 Å². The highest BCUT2D eigenvalue weighted by molar-refractivity contribution is 5.24. The third-order valence-corrected chi connectivity index (χ3v) is 2.09. The molecule has 0 atom stereocenters. The van der Waals surface area contributed by atoms with E-state index in [1.807, 2.05) is 24.5 Å². The van der Waals surface area contributed by atoms with Crippen molar-refractivity contribution in [3.63, 3.8) is 0 Å². The number of rotatable bonds is 3. The molecule has 2 aromatic rings. The molecule has 2 heterocycles. The fourth-order valence-corrected chi connectivity index (χ4v) is 1.39. The summed E-state index contributed by atoms with van der Waals surface area (Å²) in [5.41, 5.74) is 1.28. The smallest absolute Gasteiger partial charge is 0.153 e. The molecule has 0 aromatic carbocycles. The van der Waals surface area contributed by atoms with Crippen molar-refractivity contribution in [3.8, 4) is 5.82 Å². The summed E-state index contributed by atoms with van der Waals surface area (Å²) in [6.45, 7) is 2.17. The van der Waals surface area contributed by atoms with Gasteiger partial charge in [0.05, 0.1) is 0 Å². The lowest BCUT2D eigenvalue weighted by Crippen LogP contribution is -1.97. The van der Waals surface area contributed by atoms with Crippen LogP contribution in [0.2, 0.25) is 0 Å². The second kappa shape index (κ2) is 4.05. The first kappa shape index (κ1) is 8.94. The highest BCUT2D eigenvalue weighted by Crippen LogP contribution is 2.06. The van der Waals surface area contributed by atoms with E-state index in [-0.39, 0.29) is 0 Å². The van der Waals surface area contributed by atoms with Crippen molar-refractivity contribution in [2.45, 2.75) is 19.8 Å². The van der Waals surface area contributed by atoms with Crippen LogP contribution in [0.4, 0.5) is 0 Å². The number of hydrogen-bond donors (Lipinski definition) is 0. The van der Waals surface area contributed by atoms with Gasteiger partial charge in [-0.1, -0.05) is 19.4 Å². The molecule has 2 rings (SSSR count). The van der Waals surface area contributed by atoms with Crippen LogP contribution in [-0.2, 0) is 6.42 Å². The molecule has 0 saturated heterocycles. The van der Waals surface area contributed by atoms with Gasteiger partial charge in [0.2, 0.25) is 0 Å². The highest BCUT2D eigenvalue weighted by atomic mass is 15.3. The van der Waals surface area contributed by atoms with Crippen LogP contribution in [0.15, 0.2) is 36.8 Å². The number of nitrogens with zero attached hydrogens (tertiary/aromatic N) is 3. The van der Waals surface area contributed by atoms with E-state index in [9.17, 15) is 0 Å². The predicted molar refractivity (Wildman–Crippen MR) is 55.4 cm³/mol. The van der Waals surface area contributed by atoms with Crippen LogP contribution < -0.4 is 0 Å². The first-order valence-corrected chi connectivity index (χ1v) is 4.85. The van der Waals surface area contributed by atoms with Gasteiger partial charge in [-0.2, -0.15) is 5.10 Å². The van der Waals surface area contributed by atoms with Crippen LogP contribution in [0.1, 0.15) is 18.9 Å². The van der Waals surface area contributed by atoms with Gasteiger partial charge in [0.25, 0.3) is 0 Å². The second-order valence-electron chi connectivity index (χ2n) is 3.23. The van der Waals surface area contributed by atoms with Gasteiger partial charge in [-0.15, -0.1) is 0 Å². The van der Waals surface area contributed by atoms with Crippen LogP contribution in [0.3, 0.4) is 0 Å². The van der Waals surface area contributed by atoms with Gasteiger partial charge in [0.1, 0.15) is 0 Å². The molecule has 3 heteroatoms. The van der Waals surface area contributed by atoms with E-state index in [0.717, 1.165) is 18.7 Å². The van der Waals surface area contributed by atoms with Crippen molar-refractivity contribution in [3.05, 3.63) is 42.4 Å². The van der Waals surface area contributed by atoms with Crippen LogP contribution in [-0.4, -0.2) is 14.8 Å². The molecule has 72 valence electrons. The van der Waals surface area contributed by atoms with E-state index in [1.165, 1.54) is 5.56 Å². The molecule has 0 radical (unpaired) electrons. The quantitative estimate of drug-likeness (QED) is 0.737. The summed E-state index contributed by atoms with van der Waals surface area (Å²) in [6.07, 6.45) is 7.80. The lowest BCUT2D eigenvalue weighted by molar-refractivity contribution is 0.837. The van der Waals surface area contributed by atoms with Crippen molar-refractivity contribution in [2.24, 2.45) is 0 Å². The SMILES string of the molecule is CCCc1ccc(-n2cccn2)nc1. The topological polar surface area (TPSA) is 30.7 Å². The summed E-state index contributed by atoms with van der Waals surface area (Å²) in [5, 5.41) is 4.12. The molecule has 3 nitrogen and oxygen atoms in total. The largest absolute Gasteiger partial charge is 0.237 e. The molecular formula is C11H13N3. The summed E-state index contributed by atoms with van der Waals surface area (Å²) in [7, 11) is 0. The lowest BCUT2D eigenvalue weighted by Gasteiger charge is -2.01. The Kier molecular flexibility index (Phi) is 2.58. The average molecular weight is 187 g/mol. The normalized spacial score (nSPS) is 10.4. The van der Waals surface area contributed by atoms with Gasteiger partial charge < -0.3 is 0 Å². The van der Waals surface area contributed by atoms with Gasteiger partial charge in [-0.05, 0) is 24.1 Å². The Bertz CT molecular complexity index is 375. The molecule has 0 aliphatic rings. The molecule has 14 heavy (non-hydrogen) atoms. The summed E-state index contributed by atoms with van der Waals surface area (Å²) >= 11 is 0. The molecule has 0 bridgehead atoms. The Hall–Kier alpha value is -1.64. The Morgan fingerprint density at radius 1 is 1.36 bits per heavy atom. The van der Waals surface area contributed by atoms with E-state index in [0.29, 0.717) is 0 Å². The Morgan fingerprint density at radius 2 is 2.29 bits per heavy atom. The maximum Gasteiger partial charge on any atom is 0.153 e. The summed E-state index contributed by atoms with van der Waals surface area (Å²) in [4.78, 5) is 4.34. The van der Waals surface area contributed by atoms with Gasteiger partial charge >= 0.3 is 0 Å². The van der Waals surface area contributed by atoms with Crippen LogP contribution in [0.25, 0.3) is 5.82 Å². The van der Waals surface area contributed by atoms with E-state index in [1.54, 1.807) is 10.9 Å². The van der Waals surface area contributed by atoms with Crippen molar-refractivity contribution in [2.75, 3.05) is 0 Å². The summed E-state index contributed by atoms with van der Waals surface area (Å²) in [6, 6.07) is 5.99. The zero-order chi connectivity index (χ0) is 9.80. The standard InChI is InChI=1S/C11H13N3/c1-2-4-10-5-6-11(12-9-10)14-8-3-7-13-14/h3,5-9H,2,4H2,1H3. The number of aromatic nitrogens is 3. The first-order chi connectivity index (χ1) is 6.90. The molecule has 0 aliphatic heterocycles. The van der Waals surface area contributed by atoms with Crippen molar-refractivity contribution < 1.29 is 0 Å². The minimum atomic E-state index is 0.870. The molecule has 0 amide bonds. The number of hydrogen-bond acceptors (Lipinski definition) is 2. The Labute approximate surface area is 83.4 Å². The molecule has 0 unspecified atom stereocenters. The minimum absolute atomic E-state index is 0.870. The van der Waals surface area contributed by atoms with Crippen LogP contribution >= 0.6 is 0 Å². The van der Waals surface area contributed by atoms with Crippen molar-refractivity contribution in [1.82, 2.24) is 14.8 Å². The fourth-order valence-electron chi connectivity index (χ4n) is 1.39. The summed E-state index contributed by atoms with van der Waals surface area (Å²) < 4.78 is 1.76. The zero-order valence-corrected chi connectivity index (χ0v) is 8.22. The van der Waals surface area contributed by atoms with E-state index in [2.05, 4.69) is 23.1 Å². The molecule has 2 aromatic heterocycles. The molecule has 0 fully saturated rings.